The molecule has 0 radical (unpaired) electrons. The Bertz CT molecular complexity index is 754. The van der Waals surface area contributed by atoms with Crippen molar-refractivity contribution in [2.45, 2.75) is 18.8 Å². The second kappa shape index (κ2) is 5.11. The Balaban J connectivity index is 1.53. The predicted molar refractivity (Wildman–Crippen MR) is 84.8 cm³/mol. The molecule has 0 unspecified atom stereocenters. The van der Waals surface area contributed by atoms with Gasteiger partial charge >= 0.3 is 0 Å². The minimum Gasteiger partial charge on any atom is -0.355 e. The molecule has 3 aromatic rings. The minimum atomic E-state index is 0.621. The third kappa shape index (κ3) is 2.29. The number of aromatic nitrogens is 4. The van der Waals surface area contributed by atoms with E-state index in [0.717, 1.165) is 37.3 Å². The van der Waals surface area contributed by atoms with Crippen molar-refractivity contribution in [2.75, 3.05) is 18.0 Å². The first kappa shape index (κ1) is 12.8. The zero-order chi connectivity index (χ0) is 14.2. The van der Waals surface area contributed by atoms with Crippen LogP contribution in [0.5, 0.6) is 0 Å². The summed E-state index contributed by atoms with van der Waals surface area (Å²) in [5.74, 6) is 1.72. The van der Waals surface area contributed by atoms with Crippen molar-refractivity contribution < 1.29 is 0 Å². The molecule has 108 valence electrons. The normalized spacial score (nSPS) is 16.7. The number of aryl methyl sites for hydroxylation is 1. The van der Waals surface area contributed by atoms with Crippen molar-refractivity contribution in [3.8, 4) is 0 Å². The summed E-state index contributed by atoms with van der Waals surface area (Å²) in [6.07, 6.45) is 8.13. The molecule has 1 aliphatic heterocycles. The minimum absolute atomic E-state index is 0.621. The van der Waals surface area contributed by atoms with Gasteiger partial charge in [-0.05, 0) is 35.8 Å². The maximum Gasteiger partial charge on any atom is 0.150 e. The fraction of sp³-hybridized carbons (Fsp3) is 0.400. The third-order valence-corrected chi connectivity index (χ3v) is 5.11. The zero-order valence-electron chi connectivity index (χ0n) is 11.9. The Labute approximate surface area is 127 Å². The lowest BCUT2D eigenvalue weighted by atomic mass is 9.91. The Hall–Kier alpha value is -1.95. The molecule has 0 spiro atoms. The number of hydrogen-bond donors (Lipinski definition) is 0. The van der Waals surface area contributed by atoms with E-state index in [0.29, 0.717) is 5.92 Å². The van der Waals surface area contributed by atoms with Gasteiger partial charge in [0.2, 0.25) is 0 Å². The molecule has 6 heteroatoms. The highest BCUT2D eigenvalue weighted by molar-refractivity contribution is 7.17. The molecular formula is C15H17N5S. The summed E-state index contributed by atoms with van der Waals surface area (Å²) in [4.78, 5) is 11.2. The van der Waals surface area contributed by atoms with Crippen LogP contribution >= 0.6 is 11.3 Å². The Morgan fingerprint density at radius 2 is 2.10 bits per heavy atom. The monoisotopic (exact) mass is 299 g/mol. The van der Waals surface area contributed by atoms with E-state index >= 15 is 0 Å². The highest BCUT2D eigenvalue weighted by Gasteiger charge is 2.23. The van der Waals surface area contributed by atoms with Crippen LogP contribution in [0.25, 0.3) is 10.2 Å². The van der Waals surface area contributed by atoms with Gasteiger partial charge in [0.25, 0.3) is 0 Å². The van der Waals surface area contributed by atoms with Crippen LogP contribution in [-0.2, 0) is 7.05 Å². The van der Waals surface area contributed by atoms with Crippen molar-refractivity contribution in [3.63, 3.8) is 0 Å². The molecule has 0 aliphatic carbocycles. The van der Waals surface area contributed by atoms with E-state index in [-0.39, 0.29) is 0 Å². The lowest BCUT2D eigenvalue weighted by Crippen LogP contribution is -2.33. The van der Waals surface area contributed by atoms with Gasteiger partial charge in [0, 0.05) is 26.3 Å². The lowest BCUT2D eigenvalue weighted by Gasteiger charge is -2.32. The summed E-state index contributed by atoms with van der Waals surface area (Å²) >= 11 is 1.73. The van der Waals surface area contributed by atoms with E-state index in [1.54, 1.807) is 17.7 Å². The first-order valence-electron chi connectivity index (χ1n) is 7.23. The van der Waals surface area contributed by atoms with E-state index in [4.69, 9.17) is 0 Å². The average molecular weight is 299 g/mol. The van der Waals surface area contributed by atoms with Crippen molar-refractivity contribution in [2.24, 2.45) is 7.05 Å². The van der Waals surface area contributed by atoms with Crippen LogP contribution in [0.15, 0.2) is 30.2 Å². The number of piperidine rings is 1. The van der Waals surface area contributed by atoms with E-state index < -0.39 is 0 Å². The standard InChI is InChI=1S/C15H17N5S/c1-19-9-12(8-18-19)11-2-5-20(6-3-11)15-14-13(4-7-21-14)16-10-17-15/h4,7-11H,2-3,5-6H2,1H3. The fourth-order valence-electron chi connectivity index (χ4n) is 3.08. The first-order chi connectivity index (χ1) is 10.3. The quantitative estimate of drug-likeness (QED) is 0.730. The van der Waals surface area contributed by atoms with Crippen molar-refractivity contribution in [1.29, 1.82) is 0 Å². The van der Waals surface area contributed by atoms with Crippen molar-refractivity contribution in [1.82, 2.24) is 19.7 Å². The largest absolute Gasteiger partial charge is 0.355 e. The number of anilines is 1. The molecule has 5 nitrogen and oxygen atoms in total. The first-order valence-corrected chi connectivity index (χ1v) is 8.11. The van der Waals surface area contributed by atoms with Gasteiger partial charge in [0.15, 0.2) is 0 Å². The topological polar surface area (TPSA) is 46.8 Å². The van der Waals surface area contributed by atoms with Crippen LogP contribution in [0.2, 0.25) is 0 Å². The van der Waals surface area contributed by atoms with Gasteiger partial charge in [-0.25, -0.2) is 9.97 Å². The molecule has 21 heavy (non-hydrogen) atoms. The average Bonchev–Trinajstić information content (AvgIpc) is 3.15. The maximum absolute atomic E-state index is 4.51. The smallest absolute Gasteiger partial charge is 0.150 e. The molecule has 0 N–H and O–H groups in total. The number of thiophene rings is 1. The Kier molecular flexibility index (Phi) is 3.11. The van der Waals surface area contributed by atoms with Gasteiger partial charge in [0.05, 0.1) is 16.4 Å². The number of hydrogen-bond acceptors (Lipinski definition) is 5. The van der Waals surface area contributed by atoms with Crippen molar-refractivity contribution >= 4 is 27.4 Å². The highest BCUT2D eigenvalue weighted by atomic mass is 32.1. The van der Waals surface area contributed by atoms with E-state index in [1.165, 1.54) is 10.3 Å². The number of fused-ring (bicyclic) bond motifs is 1. The van der Waals surface area contributed by atoms with Gasteiger partial charge in [-0.15, -0.1) is 11.3 Å². The van der Waals surface area contributed by atoms with Gasteiger partial charge in [-0.3, -0.25) is 4.68 Å². The summed E-state index contributed by atoms with van der Waals surface area (Å²) < 4.78 is 3.10. The summed E-state index contributed by atoms with van der Waals surface area (Å²) in [6, 6.07) is 2.06. The van der Waals surface area contributed by atoms with Crippen molar-refractivity contribution in [3.05, 3.63) is 35.7 Å². The Morgan fingerprint density at radius 3 is 2.86 bits per heavy atom. The summed E-state index contributed by atoms with van der Waals surface area (Å²) in [5, 5.41) is 6.38. The molecule has 4 heterocycles. The van der Waals surface area contributed by atoms with Gasteiger partial charge in [0.1, 0.15) is 12.1 Å². The molecule has 0 saturated carbocycles. The molecule has 1 aliphatic rings. The zero-order valence-corrected chi connectivity index (χ0v) is 12.8. The SMILES string of the molecule is Cn1cc(C2CCN(c3ncnc4ccsc34)CC2)cn1. The van der Waals surface area contributed by atoms with Gasteiger partial charge in [-0.1, -0.05) is 0 Å². The van der Waals surface area contributed by atoms with Crippen LogP contribution in [0.4, 0.5) is 5.82 Å². The number of nitrogens with zero attached hydrogens (tertiary/aromatic N) is 5. The molecule has 1 saturated heterocycles. The van der Waals surface area contributed by atoms with Crippen LogP contribution < -0.4 is 4.90 Å². The molecule has 0 aromatic carbocycles. The van der Waals surface area contributed by atoms with Gasteiger partial charge < -0.3 is 4.90 Å². The van der Waals surface area contributed by atoms with E-state index in [1.807, 2.05) is 17.9 Å². The van der Waals surface area contributed by atoms with Crippen LogP contribution in [0.3, 0.4) is 0 Å². The molecule has 3 aromatic heterocycles. The summed E-state index contributed by atoms with van der Waals surface area (Å²) in [5.41, 5.74) is 2.42. The third-order valence-electron chi connectivity index (χ3n) is 4.22. The summed E-state index contributed by atoms with van der Waals surface area (Å²) in [7, 11) is 1.98. The molecule has 0 amide bonds. The molecular weight excluding hydrogens is 282 g/mol. The van der Waals surface area contributed by atoms with E-state index in [9.17, 15) is 0 Å². The predicted octanol–water partition coefficient (Wildman–Crippen LogP) is 2.81. The molecule has 4 rings (SSSR count). The van der Waals surface area contributed by atoms with Crippen LogP contribution in [-0.4, -0.2) is 32.8 Å². The van der Waals surface area contributed by atoms with E-state index in [2.05, 4.69) is 37.6 Å². The maximum atomic E-state index is 4.51. The van der Waals surface area contributed by atoms with Gasteiger partial charge in [-0.2, -0.15) is 5.10 Å². The van der Waals surface area contributed by atoms with Crippen LogP contribution in [0.1, 0.15) is 24.3 Å². The molecule has 1 fully saturated rings. The second-order valence-corrected chi connectivity index (χ2v) is 6.46. The number of rotatable bonds is 2. The second-order valence-electron chi connectivity index (χ2n) is 5.54. The summed E-state index contributed by atoms with van der Waals surface area (Å²) in [6.45, 7) is 2.09. The highest BCUT2D eigenvalue weighted by Crippen LogP contribution is 2.33. The lowest BCUT2D eigenvalue weighted by molar-refractivity contribution is 0.503. The fourth-order valence-corrected chi connectivity index (χ4v) is 3.94. The molecule has 0 bridgehead atoms. The Morgan fingerprint density at radius 1 is 1.24 bits per heavy atom. The van der Waals surface area contributed by atoms with Crippen LogP contribution in [0, 0.1) is 0 Å². The molecule has 0 atom stereocenters.